The molecular formula is C10H13N5O4S. The predicted molar refractivity (Wildman–Crippen MR) is 67.9 cm³/mol. The van der Waals surface area contributed by atoms with Crippen LogP contribution in [-0.2, 0) is 17.6 Å². The van der Waals surface area contributed by atoms with Crippen LogP contribution in [0.5, 0.6) is 0 Å². The van der Waals surface area contributed by atoms with Crippen LogP contribution in [0.15, 0.2) is 12.7 Å². The zero-order valence-corrected chi connectivity index (χ0v) is 11.0. The van der Waals surface area contributed by atoms with E-state index in [9.17, 15) is 10.2 Å². The minimum absolute atomic E-state index is 0.246. The Morgan fingerprint density at radius 3 is 2.80 bits per heavy atom. The number of aromatic nitrogens is 4. The van der Waals surface area contributed by atoms with Gasteiger partial charge in [-0.15, -0.1) is 0 Å². The number of hydrogen-bond donors (Lipinski definition) is 4. The zero-order valence-electron chi connectivity index (χ0n) is 10.2. The number of hydrogen-bond acceptors (Lipinski definition) is 8. The highest BCUT2D eigenvalue weighted by molar-refractivity contribution is 7.51. The lowest BCUT2D eigenvalue weighted by atomic mass is 10.1. The van der Waals surface area contributed by atoms with E-state index < -0.39 is 31.1 Å². The first-order chi connectivity index (χ1) is 9.54. The SMILES string of the molecule is Nc1c2ncn([C@@H]3O[C@H](CO)[C@@H](O)[C@H]3O)c2nc[n+]1[S-]. The molecule has 10 heteroatoms. The van der Waals surface area contributed by atoms with E-state index in [-0.39, 0.29) is 5.82 Å². The molecule has 1 saturated heterocycles. The summed E-state index contributed by atoms with van der Waals surface area (Å²) in [6.07, 6.45) is -1.43. The first kappa shape index (κ1) is 13.4. The molecule has 0 spiro atoms. The third-order valence-corrected chi connectivity index (χ3v) is 3.61. The second-order valence-corrected chi connectivity index (χ2v) is 4.90. The third-order valence-electron chi connectivity index (χ3n) is 3.32. The lowest BCUT2D eigenvalue weighted by molar-refractivity contribution is -0.478. The van der Waals surface area contributed by atoms with Gasteiger partial charge in [0.1, 0.15) is 24.6 Å². The normalized spacial score (nSPS) is 30.1. The van der Waals surface area contributed by atoms with Gasteiger partial charge in [0.2, 0.25) is 17.8 Å². The Kier molecular flexibility index (Phi) is 3.18. The molecular weight excluding hydrogens is 286 g/mol. The van der Waals surface area contributed by atoms with Crippen LogP contribution in [-0.4, -0.2) is 54.8 Å². The Morgan fingerprint density at radius 1 is 1.40 bits per heavy atom. The fourth-order valence-corrected chi connectivity index (χ4v) is 2.37. The van der Waals surface area contributed by atoms with Crippen LogP contribution < -0.4 is 9.71 Å². The van der Waals surface area contributed by atoms with Crippen molar-refractivity contribution in [2.24, 2.45) is 0 Å². The maximum atomic E-state index is 9.99. The number of imidazole rings is 1. The number of nitrogen functional groups attached to an aromatic ring is 1. The monoisotopic (exact) mass is 299 g/mol. The summed E-state index contributed by atoms with van der Waals surface area (Å²) < 4.78 is 8.07. The molecule has 4 atom stereocenters. The molecule has 1 fully saturated rings. The molecule has 2 aromatic heterocycles. The maximum absolute atomic E-state index is 9.99. The van der Waals surface area contributed by atoms with Gasteiger partial charge in [0.15, 0.2) is 11.7 Å². The van der Waals surface area contributed by atoms with E-state index in [0.29, 0.717) is 11.2 Å². The number of rotatable bonds is 2. The van der Waals surface area contributed by atoms with Crippen LogP contribution in [0, 0.1) is 0 Å². The van der Waals surface area contributed by atoms with Crippen molar-refractivity contribution in [1.29, 1.82) is 0 Å². The van der Waals surface area contributed by atoms with Crippen molar-refractivity contribution < 1.29 is 24.0 Å². The summed E-state index contributed by atoms with van der Waals surface area (Å²) in [5, 5.41) is 28.8. The maximum Gasteiger partial charge on any atom is 0.245 e. The minimum atomic E-state index is -1.21. The van der Waals surface area contributed by atoms with Gasteiger partial charge in [-0.2, -0.15) is 0 Å². The molecule has 0 unspecified atom stereocenters. The zero-order chi connectivity index (χ0) is 14.4. The molecule has 0 saturated carbocycles. The molecule has 3 heterocycles. The summed E-state index contributed by atoms with van der Waals surface area (Å²) in [7, 11) is 0. The number of aliphatic hydroxyl groups excluding tert-OH is 3. The number of anilines is 1. The summed E-state index contributed by atoms with van der Waals surface area (Å²) >= 11 is 4.93. The fraction of sp³-hybridized carbons (Fsp3) is 0.500. The quantitative estimate of drug-likeness (QED) is 0.346. The molecule has 0 aliphatic carbocycles. The Morgan fingerprint density at radius 2 is 2.15 bits per heavy atom. The van der Waals surface area contributed by atoms with Gasteiger partial charge in [0.05, 0.1) is 6.61 Å². The Hall–Kier alpha value is -1.59. The predicted octanol–water partition coefficient (Wildman–Crippen LogP) is -2.78. The lowest BCUT2D eigenvalue weighted by Crippen LogP contribution is -2.33. The molecule has 3 rings (SSSR count). The molecule has 1 aliphatic heterocycles. The van der Waals surface area contributed by atoms with Crippen LogP contribution in [0.3, 0.4) is 0 Å². The molecule has 20 heavy (non-hydrogen) atoms. The average molecular weight is 299 g/mol. The van der Waals surface area contributed by atoms with E-state index in [4.69, 9.17) is 28.4 Å². The first-order valence-corrected chi connectivity index (χ1v) is 6.23. The van der Waals surface area contributed by atoms with Crippen molar-refractivity contribution in [3.05, 3.63) is 12.7 Å². The largest absolute Gasteiger partial charge is 0.596 e. The second kappa shape index (κ2) is 4.75. The summed E-state index contributed by atoms with van der Waals surface area (Å²) in [4.78, 5) is 8.19. The first-order valence-electron chi connectivity index (χ1n) is 5.87. The second-order valence-electron chi connectivity index (χ2n) is 4.51. The molecule has 0 bridgehead atoms. The van der Waals surface area contributed by atoms with Crippen molar-refractivity contribution in [2.75, 3.05) is 12.3 Å². The molecule has 2 aromatic rings. The highest BCUT2D eigenvalue weighted by Gasteiger charge is 2.44. The van der Waals surface area contributed by atoms with Crippen molar-refractivity contribution in [1.82, 2.24) is 14.5 Å². The van der Waals surface area contributed by atoms with Gasteiger partial charge in [-0.1, -0.05) is 4.98 Å². The van der Waals surface area contributed by atoms with Crippen LogP contribution in [0.1, 0.15) is 6.23 Å². The fourth-order valence-electron chi connectivity index (χ4n) is 2.23. The van der Waals surface area contributed by atoms with Crippen LogP contribution in [0.2, 0.25) is 0 Å². The van der Waals surface area contributed by atoms with Gasteiger partial charge in [0, 0.05) is 0 Å². The molecule has 0 aromatic carbocycles. The van der Waals surface area contributed by atoms with Crippen LogP contribution in [0.4, 0.5) is 5.82 Å². The van der Waals surface area contributed by atoms with Gasteiger partial charge < -0.3 is 42.6 Å². The topological polar surface area (TPSA) is 131 Å². The third kappa shape index (κ3) is 1.81. The van der Waals surface area contributed by atoms with Crippen LogP contribution in [0.25, 0.3) is 11.2 Å². The van der Waals surface area contributed by atoms with Crippen LogP contribution >= 0.6 is 0 Å². The van der Waals surface area contributed by atoms with Gasteiger partial charge in [-0.25, -0.2) is 4.98 Å². The van der Waals surface area contributed by atoms with Crippen molar-refractivity contribution in [3.8, 4) is 0 Å². The Bertz CT molecular complexity index is 650. The number of nitrogens with two attached hydrogens (primary N) is 1. The highest BCUT2D eigenvalue weighted by atomic mass is 32.1. The van der Waals surface area contributed by atoms with Gasteiger partial charge in [0.25, 0.3) is 0 Å². The van der Waals surface area contributed by atoms with Crippen molar-refractivity contribution >= 4 is 29.8 Å². The molecule has 0 radical (unpaired) electrons. The molecule has 108 valence electrons. The lowest BCUT2D eigenvalue weighted by Gasteiger charge is -2.15. The number of ether oxygens (including phenoxy) is 1. The molecule has 9 nitrogen and oxygen atoms in total. The number of aliphatic hydroxyl groups is 3. The van der Waals surface area contributed by atoms with E-state index in [0.717, 1.165) is 0 Å². The smallest absolute Gasteiger partial charge is 0.245 e. The molecule has 0 amide bonds. The summed E-state index contributed by atoms with van der Waals surface area (Å²) in [5.41, 5.74) is 6.54. The standard InChI is InChI=1S/C10H13N5O4S/c11-8-5-9(13-3-15(8)20)14(2-12-5)10-7(18)6(17)4(1-16)19-10/h2-4,6-7,10,16-18H,1,11H2/t4-,6-,7-,10-/m1/s1. The van der Waals surface area contributed by atoms with E-state index in [1.807, 2.05) is 0 Å². The van der Waals surface area contributed by atoms with E-state index in [1.54, 1.807) is 0 Å². The average Bonchev–Trinajstić information content (AvgIpc) is 2.98. The minimum Gasteiger partial charge on any atom is -0.596 e. The molecule has 1 aliphatic rings. The van der Waals surface area contributed by atoms with E-state index in [2.05, 4.69) is 9.97 Å². The number of nitrogens with zero attached hydrogens (tertiary/aromatic N) is 4. The van der Waals surface area contributed by atoms with Crippen molar-refractivity contribution in [2.45, 2.75) is 24.5 Å². The van der Waals surface area contributed by atoms with Crippen molar-refractivity contribution in [3.63, 3.8) is 0 Å². The molecule has 5 N–H and O–H groups in total. The van der Waals surface area contributed by atoms with E-state index in [1.165, 1.54) is 21.2 Å². The summed E-state index contributed by atoms with van der Waals surface area (Å²) in [6, 6.07) is 0. The highest BCUT2D eigenvalue weighted by Crippen LogP contribution is 2.31. The van der Waals surface area contributed by atoms with Gasteiger partial charge in [-0.3, -0.25) is 4.57 Å². The van der Waals surface area contributed by atoms with Gasteiger partial charge in [-0.05, 0) is 0 Å². The Balaban J connectivity index is 2.05. The van der Waals surface area contributed by atoms with E-state index >= 15 is 0 Å². The van der Waals surface area contributed by atoms with Gasteiger partial charge >= 0.3 is 0 Å². The number of fused-ring (bicyclic) bond motifs is 1. The Labute approximate surface area is 118 Å². The summed E-state index contributed by atoms with van der Waals surface area (Å²) in [5.74, 6) is 0.246. The summed E-state index contributed by atoms with van der Waals surface area (Å²) in [6.45, 7) is -0.400.